The number of rotatable bonds is 8. The second-order valence-corrected chi connectivity index (χ2v) is 5.21. The standard InChI is InChI=1S/C16H23NO4/c1-3-11(2)14(12-7-5-4-6-8-12)15(19)17-10-9-13(18)16(20)21/h4-8,11,13-14,18H,3,9-10H2,1-2H3,(H,17,19)(H,20,21)/t11?,13-,14?/m0/s1. The van der Waals surface area contributed by atoms with Crippen LogP contribution in [-0.4, -0.2) is 34.7 Å². The molecule has 5 nitrogen and oxygen atoms in total. The summed E-state index contributed by atoms with van der Waals surface area (Å²) in [5.41, 5.74) is 0.947. The summed E-state index contributed by atoms with van der Waals surface area (Å²) in [4.78, 5) is 22.9. The number of carbonyl (C=O) groups excluding carboxylic acids is 1. The van der Waals surface area contributed by atoms with Crippen LogP contribution in [0.2, 0.25) is 0 Å². The number of aliphatic hydroxyl groups excluding tert-OH is 1. The van der Waals surface area contributed by atoms with Crippen LogP contribution < -0.4 is 5.32 Å². The predicted molar refractivity (Wildman–Crippen MR) is 79.9 cm³/mol. The maximum atomic E-state index is 12.4. The molecule has 3 N–H and O–H groups in total. The molecule has 0 aliphatic rings. The molecule has 1 amide bonds. The van der Waals surface area contributed by atoms with Gasteiger partial charge in [0.25, 0.3) is 0 Å². The van der Waals surface area contributed by atoms with Crippen LogP contribution in [0.3, 0.4) is 0 Å². The number of amides is 1. The largest absolute Gasteiger partial charge is 0.479 e. The summed E-state index contributed by atoms with van der Waals surface area (Å²) >= 11 is 0. The lowest BCUT2D eigenvalue weighted by Gasteiger charge is -2.23. The number of hydrogen-bond donors (Lipinski definition) is 3. The van der Waals surface area contributed by atoms with Crippen LogP contribution in [0.5, 0.6) is 0 Å². The van der Waals surface area contributed by atoms with Gasteiger partial charge in [-0.2, -0.15) is 0 Å². The minimum atomic E-state index is -1.44. The molecule has 116 valence electrons. The van der Waals surface area contributed by atoms with Gasteiger partial charge in [0.15, 0.2) is 6.10 Å². The first-order chi connectivity index (χ1) is 9.97. The molecule has 0 saturated carbocycles. The summed E-state index contributed by atoms with van der Waals surface area (Å²) in [5, 5.41) is 20.5. The fourth-order valence-electron chi connectivity index (χ4n) is 2.20. The monoisotopic (exact) mass is 293 g/mol. The molecular formula is C16H23NO4. The summed E-state index contributed by atoms with van der Waals surface area (Å²) in [6, 6.07) is 9.53. The number of aliphatic hydroxyl groups is 1. The highest BCUT2D eigenvalue weighted by molar-refractivity contribution is 5.84. The zero-order chi connectivity index (χ0) is 15.8. The van der Waals surface area contributed by atoms with E-state index in [1.54, 1.807) is 0 Å². The van der Waals surface area contributed by atoms with E-state index in [2.05, 4.69) is 5.32 Å². The molecular weight excluding hydrogens is 270 g/mol. The van der Waals surface area contributed by atoms with E-state index >= 15 is 0 Å². The van der Waals surface area contributed by atoms with Gasteiger partial charge in [0.05, 0.1) is 5.92 Å². The van der Waals surface area contributed by atoms with Gasteiger partial charge in [0, 0.05) is 13.0 Å². The van der Waals surface area contributed by atoms with E-state index in [9.17, 15) is 14.7 Å². The summed E-state index contributed by atoms with van der Waals surface area (Å²) in [7, 11) is 0. The van der Waals surface area contributed by atoms with Crippen LogP contribution in [0, 0.1) is 5.92 Å². The molecule has 0 fully saturated rings. The molecule has 0 heterocycles. The van der Waals surface area contributed by atoms with Gasteiger partial charge in [-0.15, -0.1) is 0 Å². The number of hydrogen-bond acceptors (Lipinski definition) is 3. The van der Waals surface area contributed by atoms with Gasteiger partial charge in [-0.05, 0) is 11.5 Å². The van der Waals surface area contributed by atoms with Crippen molar-refractivity contribution in [2.24, 2.45) is 5.92 Å². The van der Waals surface area contributed by atoms with E-state index < -0.39 is 12.1 Å². The topological polar surface area (TPSA) is 86.6 Å². The minimum absolute atomic E-state index is 0.00306. The van der Waals surface area contributed by atoms with Crippen molar-refractivity contribution in [3.05, 3.63) is 35.9 Å². The Morgan fingerprint density at radius 1 is 1.24 bits per heavy atom. The highest BCUT2D eigenvalue weighted by Crippen LogP contribution is 2.27. The first-order valence-corrected chi connectivity index (χ1v) is 7.20. The molecule has 0 aliphatic carbocycles. The molecule has 0 radical (unpaired) electrons. The van der Waals surface area contributed by atoms with Crippen LogP contribution in [0.15, 0.2) is 30.3 Å². The van der Waals surface area contributed by atoms with Crippen molar-refractivity contribution in [2.75, 3.05) is 6.54 Å². The SMILES string of the molecule is CCC(C)C(C(=O)NCC[C@H](O)C(=O)O)c1ccccc1. The zero-order valence-electron chi connectivity index (χ0n) is 12.5. The van der Waals surface area contributed by atoms with Crippen LogP contribution in [0.25, 0.3) is 0 Å². The molecule has 5 heteroatoms. The number of aliphatic carboxylic acids is 1. The number of carbonyl (C=O) groups is 2. The molecule has 1 aromatic rings. The molecule has 2 unspecified atom stereocenters. The average molecular weight is 293 g/mol. The van der Waals surface area contributed by atoms with Gasteiger partial charge in [0.2, 0.25) is 5.91 Å². The van der Waals surface area contributed by atoms with Gasteiger partial charge in [-0.25, -0.2) is 4.79 Å². The molecule has 0 spiro atoms. The third-order valence-corrected chi connectivity index (χ3v) is 3.66. The van der Waals surface area contributed by atoms with Gasteiger partial charge in [-0.1, -0.05) is 50.6 Å². The van der Waals surface area contributed by atoms with Crippen molar-refractivity contribution in [3.8, 4) is 0 Å². The molecule has 3 atom stereocenters. The molecule has 1 aromatic carbocycles. The normalized spacial score (nSPS) is 15.0. The van der Waals surface area contributed by atoms with E-state index in [1.807, 2.05) is 44.2 Å². The second kappa shape index (κ2) is 8.42. The van der Waals surface area contributed by atoms with Crippen molar-refractivity contribution in [1.82, 2.24) is 5.32 Å². The first kappa shape index (κ1) is 17.2. The Morgan fingerprint density at radius 2 is 1.86 bits per heavy atom. The predicted octanol–water partition coefficient (Wildman–Crippen LogP) is 1.77. The third kappa shape index (κ3) is 5.19. The molecule has 0 bridgehead atoms. The Bertz CT molecular complexity index is 461. The summed E-state index contributed by atoms with van der Waals surface area (Å²) in [6.45, 7) is 4.19. The van der Waals surface area contributed by atoms with Gasteiger partial charge in [0.1, 0.15) is 0 Å². The lowest BCUT2D eigenvalue weighted by molar-refractivity contribution is -0.147. The van der Waals surface area contributed by atoms with Crippen LogP contribution >= 0.6 is 0 Å². The maximum absolute atomic E-state index is 12.4. The Labute approximate surface area is 125 Å². The number of nitrogens with one attached hydrogen (secondary N) is 1. The van der Waals surface area contributed by atoms with E-state index in [0.29, 0.717) is 0 Å². The maximum Gasteiger partial charge on any atom is 0.332 e. The van der Waals surface area contributed by atoms with Crippen LogP contribution in [0.4, 0.5) is 0 Å². The highest BCUT2D eigenvalue weighted by atomic mass is 16.4. The van der Waals surface area contributed by atoms with Gasteiger partial charge < -0.3 is 15.5 Å². The minimum Gasteiger partial charge on any atom is -0.479 e. The lowest BCUT2D eigenvalue weighted by atomic mass is 9.85. The summed E-state index contributed by atoms with van der Waals surface area (Å²) in [5.74, 6) is -1.49. The lowest BCUT2D eigenvalue weighted by Crippen LogP contribution is -2.35. The number of carboxylic acid groups (broad SMARTS) is 1. The van der Waals surface area contributed by atoms with Crippen molar-refractivity contribution >= 4 is 11.9 Å². The Balaban J connectivity index is 2.67. The second-order valence-electron chi connectivity index (χ2n) is 5.21. The number of carboxylic acids is 1. The van der Waals surface area contributed by atoms with Crippen molar-refractivity contribution in [2.45, 2.75) is 38.7 Å². The molecule has 21 heavy (non-hydrogen) atoms. The summed E-state index contributed by atoms with van der Waals surface area (Å²) in [6.07, 6.45) is -0.572. The average Bonchev–Trinajstić information content (AvgIpc) is 2.48. The van der Waals surface area contributed by atoms with Crippen molar-refractivity contribution in [1.29, 1.82) is 0 Å². The summed E-state index contributed by atoms with van der Waals surface area (Å²) < 4.78 is 0. The van der Waals surface area contributed by atoms with Crippen molar-refractivity contribution in [3.63, 3.8) is 0 Å². The third-order valence-electron chi connectivity index (χ3n) is 3.66. The van der Waals surface area contributed by atoms with Crippen molar-refractivity contribution < 1.29 is 19.8 Å². The quantitative estimate of drug-likeness (QED) is 0.681. The molecule has 0 saturated heterocycles. The molecule has 0 aliphatic heterocycles. The Morgan fingerprint density at radius 3 is 2.38 bits per heavy atom. The Kier molecular flexibility index (Phi) is 6.88. The van der Waals surface area contributed by atoms with E-state index in [1.165, 1.54) is 0 Å². The van der Waals surface area contributed by atoms with Gasteiger partial charge >= 0.3 is 5.97 Å². The van der Waals surface area contributed by atoms with E-state index in [4.69, 9.17) is 5.11 Å². The van der Waals surface area contributed by atoms with E-state index in [-0.39, 0.29) is 30.7 Å². The zero-order valence-corrected chi connectivity index (χ0v) is 12.5. The van der Waals surface area contributed by atoms with Crippen LogP contribution in [-0.2, 0) is 9.59 Å². The highest BCUT2D eigenvalue weighted by Gasteiger charge is 2.25. The number of benzene rings is 1. The van der Waals surface area contributed by atoms with Crippen LogP contribution in [0.1, 0.15) is 38.2 Å². The smallest absolute Gasteiger partial charge is 0.332 e. The fourth-order valence-corrected chi connectivity index (χ4v) is 2.20. The van der Waals surface area contributed by atoms with Gasteiger partial charge in [-0.3, -0.25) is 4.79 Å². The molecule has 0 aromatic heterocycles. The fraction of sp³-hybridized carbons (Fsp3) is 0.500. The molecule has 1 rings (SSSR count). The first-order valence-electron chi connectivity index (χ1n) is 7.20. The Hall–Kier alpha value is -1.88. The van der Waals surface area contributed by atoms with E-state index in [0.717, 1.165) is 12.0 Å².